The molecule has 1 fully saturated rings. The predicted octanol–water partition coefficient (Wildman–Crippen LogP) is 6.97. The van der Waals surface area contributed by atoms with E-state index in [1.807, 2.05) is 6.07 Å². The number of hydrogen-bond donors (Lipinski definition) is 4. The van der Waals surface area contributed by atoms with Gasteiger partial charge in [-0.2, -0.15) is 18.3 Å². The number of amides is 2. The molecule has 254 valence electrons. The third-order valence-corrected chi connectivity index (χ3v) is 7.57. The van der Waals surface area contributed by atoms with Gasteiger partial charge < -0.3 is 30.5 Å². The molecule has 1 aliphatic carbocycles. The summed E-state index contributed by atoms with van der Waals surface area (Å²) in [6.07, 6.45) is -3.25. The van der Waals surface area contributed by atoms with Crippen LogP contribution in [0, 0.1) is 5.92 Å². The zero-order valence-electron chi connectivity index (χ0n) is 27.0. The Morgan fingerprint density at radius 2 is 1.75 bits per heavy atom. The van der Waals surface area contributed by atoms with Gasteiger partial charge in [0.25, 0.3) is 5.91 Å². The summed E-state index contributed by atoms with van der Waals surface area (Å²) >= 11 is 0. The molecule has 48 heavy (non-hydrogen) atoms. The molecule has 1 saturated carbocycles. The zero-order chi connectivity index (χ0) is 34.6. The van der Waals surface area contributed by atoms with E-state index >= 15 is 0 Å². The molecule has 0 radical (unpaired) electrons. The molecule has 1 aliphatic rings. The highest BCUT2D eigenvalue weighted by Gasteiger charge is 2.36. The number of phenols is 1. The number of aromatic hydroxyl groups is 1. The fourth-order valence-corrected chi connectivity index (χ4v) is 5.11. The monoisotopic (exact) mass is 665 g/mol. The normalized spacial score (nSPS) is 13.9. The second kappa shape index (κ2) is 14.0. The van der Waals surface area contributed by atoms with E-state index in [0.717, 1.165) is 17.5 Å². The van der Waals surface area contributed by atoms with E-state index in [-0.39, 0.29) is 23.7 Å². The number of aromatic nitrogens is 2. The van der Waals surface area contributed by atoms with Crippen molar-refractivity contribution in [3.8, 4) is 17.2 Å². The lowest BCUT2D eigenvalue weighted by molar-refractivity contribution is -0.141. The number of alkyl carbamates (subject to hydrolysis) is 1. The van der Waals surface area contributed by atoms with E-state index in [9.17, 15) is 27.9 Å². The van der Waals surface area contributed by atoms with Crippen molar-refractivity contribution >= 4 is 17.7 Å². The van der Waals surface area contributed by atoms with Crippen LogP contribution in [0.1, 0.15) is 72.5 Å². The molecule has 1 heterocycles. The van der Waals surface area contributed by atoms with Crippen LogP contribution < -0.4 is 20.7 Å². The highest BCUT2D eigenvalue weighted by molar-refractivity contribution is 6.03. The quantitative estimate of drug-likeness (QED) is 0.136. The molecule has 1 unspecified atom stereocenters. The van der Waals surface area contributed by atoms with Crippen LogP contribution in [0.4, 0.5) is 23.7 Å². The van der Waals surface area contributed by atoms with Crippen LogP contribution >= 0.6 is 0 Å². The number of nitrogens with one attached hydrogen (secondary N) is 3. The van der Waals surface area contributed by atoms with Crippen LogP contribution in [0.25, 0.3) is 5.69 Å². The van der Waals surface area contributed by atoms with E-state index in [0.29, 0.717) is 46.7 Å². The number of carbonyl (C=O) groups excluding carboxylic acids is 2. The lowest BCUT2D eigenvalue weighted by Gasteiger charge is -2.22. The molecule has 13 heteroatoms. The zero-order valence-corrected chi connectivity index (χ0v) is 27.0. The van der Waals surface area contributed by atoms with Crippen molar-refractivity contribution in [2.24, 2.45) is 5.92 Å². The topological polar surface area (TPSA) is 127 Å². The van der Waals surface area contributed by atoms with Crippen LogP contribution in [-0.4, -0.2) is 46.1 Å². The molecule has 1 aromatic heterocycles. The molecule has 3 aromatic carbocycles. The number of hydrogen-bond acceptors (Lipinski definition) is 7. The molecule has 0 spiro atoms. The molecule has 0 saturated heterocycles. The number of phenolic OH excluding ortho intramolecular Hbond substituents is 1. The lowest BCUT2D eigenvalue weighted by atomic mass is 9.96. The Balaban J connectivity index is 1.42. The Labute approximate surface area is 276 Å². The molecule has 2 amide bonds. The van der Waals surface area contributed by atoms with Gasteiger partial charge in [-0.05, 0) is 87.5 Å². The standard InChI is InChI=1S/C35H38F3N5O5/c1-34(2,3)48-33(46)40-20-22-8-5-11-25(16-22)43-27(18-29(42-43)35(36,37)38)32(45)41-24-10-6-9-23(17-24)30(39-19-21-14-15-21)26-12-7-13-28(47-4)31(26)44/h5-13,16-18,21,30,39,44H,14-15,19-20H2,1-4H3,(H,40,46)(H,41,45). The Kier molecular flexibility index (Phi) is 9.99. The maximum Gasteiger partial charge on any atom is 0.435 e. The first-order valence-corrected chi connectivity index (χ1v) is 15.5. The van der Waals surface area contributed by atoms with Gasteiger partial charge in [0, 0.05) is 23.9 Å². The van der Waals surface area contributed by atoms with E-state index in [2.05, 4.69) is 21.0 Å². The molecule has 10 nitrogen and oxygen atoms in total. The fourth-order valence-electron chi connectivity index (χ4n) is 5.11. The smallest absolute Gasteiger partial charge is 0.435 e. The third-order valence-electron chi connectivity index (χ3n) is 7.57. The third kappa shape index (κ3) is 8.65. The van der Waals surface area contributed by atoms with Gasteiger partial charge >= 0.3 is 12.3 Å². The number of alkyl halides is 3. The largest absolute Gasteiger partial charge is 0.504 e. The van der Waals surface area contributed by atoms with Crippen LogP contribution in [0.2, 0.25) is 0 Å². The van der Waals surface area contributed by atoms with Gasteiger partial charge in [0.15, 0.2) is 17.2 Å². The molecule has 1 atom stereocenters. The van der Waals surface area contributed by atoms with Crippen molar-refractivity contribution in [1.29, 1.82) is 0 Å². The van der Waals surface area contributed by atoms with Gasteiger partial charge in [-0.15, -0.1) is 0 Å². The van der Waals surface area contributed by atoms with E-state index < -0.39 is 35.5 Å². The molecule has 4 N–H and O–H groups in total. The summed E-state index contributed by atoms with van der Waals surface area (Å²) in [7, 11) is 1.47. The number of ether oxygens (including phenoxy) is 2. The molecule has 5 rings (SSSR count). The van der Waals surface area contributed by atoms with Crippen LogP contribution in [0.15, 0.2) is 72.8 Å². The summed E-state index contributed by atoms with van der Waals surface area (Å²) in [5, 5.41) is 23.5. The van der Waals surface area contributed by atoms with Crippen molar-refractivity contribution in [2.75, 3.05) is 19.0 Å². The maximum absolute atomic E-state index is 13.8. The fraction of sp³-hybridized carbons (Fsp3) is 0.343. The van der Waals surface area contributed by atoms with Crippen LogP contribution in [0.3, 0.4) is 0 Å². The molecular weight excluding hydrogens is 627 g/mol. The first-order valence-electron chi connectivity index (χ1n) is 15.5. The second-order valence-corrected chi connectivity index (χ2v) is 12.6. The Morgan fingerprint density at radius 3 is 2.44 bits per heavy atom. The van der Waals surface area contributed by atoms with Crippen molar-refractivity contribution in [3.05, 3.63) is 101 Å². The van der Waals surface area contributed by atoms with Gasteiger partial charge in [-0.25, -0.2) is 9.48 Å². The Bertz CT molecular complexity index is 1780. The maximum atomic E-state index is 13.8. The minimum Gasteiger partial charge on any atom is -0.504 e. The van der Waals surface area contributed by atoms with Gasteiger partial charge in [-0.3, -0.25) is 4.79 Å². The summed E-state index contributed by atoms with van der Waals surface area (Å²) in [5.74, 6) is 0.000406. The number of halogens is 3. The number of anilines is 1. The average Bonchev–Trinajstić information content (AvgIpc) is 3.73. The molecule has 0 bridgehead atoms. The minimum atomic E-state index is -4.81. The van der Waals surface area contributed by atoms with Crippen molar-refractivity contribution in [2.45, 2.75) is 58.0 Å². The predicted molar refractivity (Wildman–Crippen MR) is 173 cm³/mol. The highest BCUT2D eigenvalue weighted by Crippen LogP contribution is 2.38. The summed E-state index contributed by atoms with van der Waals surface area (Å²) in [4.78, 5) is 25.7. The Hall–Kier alpha value is -5.04. The number of methoxy groups -OCH3 is 1. The summed E-state index contributed by atoms with van der Waals surface area (Å²) < 4.78 is 53.0. The SMILES string of the molecule is COc1cccc(C(NCC2CC2)c2cccc(NC(=O)c3cc(C(F)(F)F)nn3-c3cccc(CNC(=O)OC(C)(C)C)c3)c2)c1O. The highest BCUT2D eigenvalue weighted by atomic mass is 19.4. The molecule has 4 aromatic rings. The second-order valence-electron chi connectivity index (χ2n) is 12.6. The summed E-state index contributed by atoms with van der Waals surface area (Å²) in [5.41, 5.74) is 0.0590. The van der Waals surface area contributed by atoms with E-state index in [4.69, 9.17) is 9.47 Å². The molecular formula is C35H38F3N5O5. The minimum absolute atomic E-state index is 0.0187. The number of benzene rings is 3. The summed E-state index contributed by atoms with van der Waals surface area (Å²) in [6, 6.07) is 18.6. The first-order chi connectivity index (χ1) is 22.7. The number of rotatable bonds is 11. The number of nitrogens with zero attached hydrogens (tertiary/aromatic N) is 2. The van der Waals surface area contributed by atoms with Gasteiger partial charge in [0.2, 0.25) is 0 Å². The van der Waals surface area contributed by atoms with Gasteiger partial charge in [0.1, 0.15) is 11.3 Å². The van der Waals surface area contributed by atoms with Crippen LogP contribution in [0.5, 0.6) is 11.5 Å². The summed E-state index contributed by atoms with van der Waals surface area (Å²) in [6.45, 7) is 5.92. The van der Waals surface area contributed by atoms with Gasteiger partial charge in [0.05, 0.1) is 18.8 Å². The Morgan fingerprint density at radius 1 is 1.02 bits per heavy atom. The first kappa shape index (κ1) is 34.3. The van der Waals surface area contributed by atoms with Crippen molar-refractivity contribution < 1.29 is 37.3 Å². The van der Waals surface area contributed by atoms with Crippen molar-refractivity contribution in [3.63, 3.8) is 0 Å². The van der Waals surface area contributed by atoms with E-state index in [1.54, 1.807) is 69.3 Å². The number of para-hydroxylation sites is 1. The lowest BCUT2D eigenvalue weighted by Crippen LogP contribution is -2.32. The van der Waals surface area contributed by atoms with Gasteiger partial charge in [-0.1, -0.05) is 36.4 Å². The van der Waals surface area contributed by atoms with E-state index in [1.165, 1.54) is 19.2 Å². The average molecular weight is 666 g/mol. The van der Waals surface area contributed by atoms with Crippen LogP contribution in [-0.2, 0) is 17.5 Å². The van der Waals surface area contributed by atoms with Crippen molar-refractivity contribution in [1.82, 2.24) is 20.4 Å². The molecule has 0 aliphatic heterocycles. The number of carbonyl (C=O) groups is 2.